The van der Waals surface area contributed by atoms with E-state index in [2.05, 4.69) is 0 Å². The van der Waals surface area contributed by atoms with Crippen LogP contribution >= 0.6 is 24.0 Å². The molecular weight excluding hydrogens is 326 g/mol. The van der Waals surface area contributed by atoms with Gasteiger partial charge in [0.05, 0.1) is 22.7 Å². The predicted octanol–water partition coefficient (Wildman–Crippen LogP) is 4.33. The molecule has 0 aromatic heterocycles. The summed E-state index contributed by atoms with van der Waals surface area (Å²) in [7, 11) is 0. The van der Waals surface area contributed by atoms with Crippen molar-refractivity contribution < 1.29 is 18.3 Å². The number of benzene rings is 1. The highest BCUT2D eigenvalue weighted by Gasteiger charge is 2.35. The van der Waals surface area contributed by atoms with Crippen molar-refractivity contribution in [3.63, 3.8) is 0 Å². The van der Waals surface area contributed by atoms with Crippen LogP contribution in [0.25, 0.3) is 0 Å². The van der Waals surface area contributed by atoms with Crippen LogP contribution in [-0.2, 0) is 6.18 Å². The van der Waals surface area contributed by atoms with Gasteiger partial charge in [-0.25, -0.2) is 0 Å². The molecule has 0 unspecified atom stereocenters. The number of rotatable bonds is 3. The maximum absolute atomic E-state index is 12.8. The van der Waals surface area contributed by atoms with E-state index in [1.807, 2.05) is 0 Å². The third-order valence-electron chi connectivity index (χ3n) is 3.93. The van der Waals surface area contributed by atoms with E-state index in [0.29, 0.717) is 0 Å². The Kier molecular flexibility index (Phi) is 6.35. The molecule has 0 saturated heterocycles. The largest absolute Gasteiger partial charge is 0.417 e. The fourth-order valence-electron chi connectivity index (χ4n) is 2.76. The molecule has 0 amide bonds. The second-order valence-electron chi connectivity index (χ2n) is 5.30. The molecule has 7 heteroatoms. The van der Waals surface area contributed by atoms with Gasteiger partial charge in [-0.2, -0.15) is 13.2 Å². The van der Waals surface area contributed by atoms with E-state index in [0.717, 1.165) is 31.7 Å². The Morgan fingerprint density at radius 3 is 2.33 bits per heavy atom. The molecule has 0 spiro atoms. The topological polar surface area (TPSA) is 46.2 Å². The summed E-state index contributed by atoms with van der Waals surface area (Å²) < 4.78 is 38.4. The van der Waals surface area contributed by atoms with E-state index in [1.165, 1.54) is 12.1 Å². The van der Waals surface area contributed by atoms with E-state index < -0.39 is 23.9 Å². The first-order valence-electron chi connectivity index (χ1n) is 6.61. The Bertz CT molecular complexity index is 476. The SMILES string of the molecule is Cl.N[C@H](c1ccc(Cl)c(C(F)(F)F)c1)[C@@H](O)C1CCCC1. The summed E-state index contributed by atoms with van der Waals surface area (Å²) in [6.07, 6.45) is -1.54. The molecule has 0 aliphatic heterocycles. The quantitative estimate of drug-likeness (QED) is 0.857. The Morgan fingerprint density at radius 2 is 1.81 bits per heavy atom. The third kappa shape index (κ3) is 4.25. The highest BCUT2D eigenvalue weighted by atomic mass is 35.5. The van der Waals surface area contributed by atoms with Crippen LogP contribution in [0.5, 0.6) is 0 Å². The first-order chi connectivity index (χ1) is 9.30. The summed E-state index contributed by atoms with van der Waals surface area (Å²) in [5.74, 6) is 0.0648. The zero-order valence-electron chi connectivity index (χ0n) is 11.2. The average Bonchev–Trinajstić information content (AvgIpc) is 2.90. The fraction of sp³-hybridized carbons (Fsp3) is 0.571. The van der Waals surface area contributed by atoms with Gasteiger partial charge in [0.15, 0.2) is 0 Å². The second kappa shape index (κ2) is 7.18. The molecule has 0 heterocycles. The highest BCUT2D eigenvalue weighted by molar-refractivity contribution is 6.31. The van der Waals surface area contributed by atoms with Crippen molar-refractivity contribution in [3.05, 3.63) is 34.3 Å². The number of hydrogen-bond donors (Lipinski definition) is 2. The van der Waals surface area contributed by atoms with E-state index in [1.54, 1.807) is 0 Å². The number of alkyl halides is 3. The van der Waals surface area contributed by atoms with E-state index in [9.17, 15) is 18.3 Å². The second-order valence-corrected chi connectivity index (χ2v) is 5.71. The maximum atomic E-state index is 12.8. The molecule has 1 fully saturated rings. The standard InChI is InChI=1S/C14H17ClF3NO.ClH/c15-11-6-5-9(7-10(11)14(16,17)18)12(19)13(20)8-3-1-2-4-8;/h5-8,12-13,20H,1-4,19H2;1H/t12-,13+;/m1./s1. The summed E-state index contributed by atoms with van der Waals surface area (Å²) >= 11 is 5.57. The molecule has 2 atom stereocenters. The van der Waals surface area contributed by atoms with Gasteiger partial charge < -0.3 is 10.8 Å². The summed E-state index contributed by atoms with van der Waals surface area (Å²) in [4.78, 5) is 0. The van der Waals surface area contributed by atoms with Gasteiger partial charge in [0.1, 0.15) is 0 Å². The van der Waals surface area contributed by atoms with Crippen LogP contribution in [0.15, 0.2) is 18.2 Å². The Morgan fingerprint density at radius 1 is 1.24 bits per heavy atom. The lowest BCUT2D eigenvalue weighted by Gasteiger charge is -2.25. The third-order valence-corrected chi connectivity index (χ3v) is 4.26. The molecular formula is C14H18Cl2F3NO. The summed E-state index contributed by atoms with van der Waals surface area (Å²) in [5, 5.41) is 9.84. The van der Waals surface area contributed by atoms with Gasteiger partial charge in [-0.15, -0.1) is 12.4 Å². The lowest BCUT2D eigenvalue weighted by molar-refractivity contribution is -0.137. The van der Waals surface area contributed by atoms with Gasteiger partial charge >= 0.3 is 6.18 Å². The van der Waals surface area contributed by atoms with E-state index in [-0.39, 0.29) is 28.9 Å². The van der Waals surface area contributed by atoms with Crippen LogP contribution in [0.4, 0.5) is 13.2 Å². The van der Waals surface area contributed by atoms with Crippen LogP contribution in [0.1, 0.15) is 42.9 Å². The van der Waals surface area contributed by atoms with Crippen LogP contribution < -0.4 is 5.73 Å². The van der Waals surface area contributed by atoms with Gasteiger partial charge in [0.2, 0.25) is 0 Å². The minimum absolute atomic E-state index is 0. The van der Waals surface area contributed by atoms with Gasteiger partial charge in [-0.05, 0) is 36.5 Å². The lowest BCUT2D eigenvalue weighted by Crippen LogP contribution is -2.32. The normalized spacial score (nSPS) is 19.1. The van der Waals surface area contributed by atoms with Crippen LogP contribution in [0.3, 0.4) is 0 Å². The Labute approximate surface area is 132 Å². The average molecular weight is 344 g/mol. The number of halogens is 5. The maximum Gasteiger partial charge on any atom is 0.417 e. The number of nitrogens with two attached hydrogens (primary N) is 1. The van der Waals surface area contributed by atoms with Crippen molar-refractivity contribution in [1.29, 1.82) is 0 Å². The lowest BCUT2D eigenvalue weighted by atomic mass is 9.90. The number of hydrogen-bond acceptors (Lipinski definition) is 2. The van der Waals surface area contributed by atoms with E-state index >= 15 is 0 Å². The molecule has 1 aliphatic rings. The smallest absolute Gasteiger partial charge is 0.391 e. The molecule has 0 bridgehead atoms. The molecule has 21 heavy (non-hydrogen) atoms. The van der Waals surface area contributed by atoms with Crippen molar-refractivity contribution in [2.75, 3.05) is 0 Å². The highest BCUT2D eigenvalue weighted by Crippen LogP contribution is 2.38. The van der Waals surface area contributed by atoms with Crippen LogP contribution in [-0.4, -0.2) is 11.2 Å². The van der Waals surface area contributed by atoms with Crippen LogP contribution in [0, 0.1) is 5.92 Å². The van der Waals surface area contributed by atoms with Gasteiger partial charge in [0.25, 0.3) is 0 Å². The zero-order valence-corrected chi connectivity index (χ0v) is 12.8. The summed E-state index contributed by atoms with van der Waals surface area (Å²) in [6.45, 7) is 0. The summed E-state index contributed by atoms with van der Waals surface area (Å²) in [5.41, 5.74) is 5.27. The van der Waals surface area contributed by atoms with Gasteiger partial charge in [-0.3, -0.25) is 0 Å². The molecule has 2 nitrogen and oxygen atoms in total. The van der Waals surface area contributed by atoms with Gasteiger partial charge in [-0.1, -0.05) is 30.5 Å². The molecule has 1 aromatic rings. The van der Waals surface area contributed by atoms with Crippen LogP contribution in [0.2, 0.25) is 5.02 Å². The molecule has 0 radical (unpaired) electrons. The molecule has 1 saturated carbocycles. The first kappa shape index (κ1) is 18.6. The minimum atomic E-state index is -4.52. The van der Waals surface area contributed by atoms with Crippen molar-refractivity contribution in [3.8, 4) is 0 Å². The molecule has 2 rings (SSSR count). The minimum Gasteiger partial charge on any atom is -0.391 e. The van der Waals surface area contributed by atoms with Crippen molar-refractivity contribution >= 4 is 24.0 Å². The molecule has 1 aliphatic carbocycles. The molecule has 120 valence electrons. The Balaban J connectivity index is 0.00000220. The van der Waals surface area contributed by atoms with Crippen molar-refractivity contribution in [2.45, 2.75) is 44.0 Å². The molecule has 3 N–H and O–H groups in total. The predicted molar refractivity (Wildman–Crippen MR) is 78.6 cm³/mol. The van der Waals surface area contributed by atoms with Crippen molar-refractivity contribution in [1.82, 2.24) is 0 Å². The van der Waals surface area contributed by atoms with E-state index in [4.69, 9.17) is 17.3 Å². The van der Waals surface area contributed by atoms with Crippen molar-refractivity contribution in [2.24, 2.45) is 11.7 Å². The molecule has 1 aromatic carbocycles. The first-order valence-corrected chi connectivity index (χ1v) is 6.99. The monoisotopic (exact) mass is 343 g/mol. The fourth-order valence-corrected chi connectivity index (χ4v) is 2.98. The number of aliphatic hydroxyl groups excluding tert-OH is 1. The zero-order chi connectivity index (χ0) is 14.9. The Hall–Kier alpha value is -0.490. The summed E-state index contributed by atoms with van der Waals surface area (Å²) in [6, 6.07) is 2.74. The number of aliphatic hydroxyl groups is 1. The van der Waals surface area contributed by atoms with Gasteiger partial charge in [0, 0.05) is 0 Å².